The van der Waals surface area contributed by atoms with Gasteiger partial charge < -0.3 is 11.1 Å². The predicted molar refractivity (Wildman–Crippen MR) is 68.8 cm³/mol. The van der Waals surface area contributed by atoms with Gasteiger partial charge in [0.25, 0.3) is 0 Å². The number of aryl methyl sites for hydroxylation is 1. The van der Waals surface area contributed by atoms with Crippen molar-refractivity contribution in [1.29, 1.82) is 0 Å². The van der Waals surface area contributed by atoms with Crippen molar-refractivity contribution in [1.82, 2.24) is 5.32 Å². The summed E-state index contributed by atoms with van der Waals surface area (Å²) in [4.78, 5) is 11.7. The van der Waals surface area contributed by atoms with Gasteiger partial charge in [0.1, 0.15) is 0 Å². The van der Waals surface area contributed by atoms with Gasteiger partial charge in [-0.25, -0.2) is 0 Å². The van der Waals surface area contributed by atoms with E-state index in [1.165, 1.54) is 18.4 Å². The van der Waals surface area contributed by atoms with E-state index in [1.807, 2.05) is 25.1 Å². The Morgan fingerprint density at radius 1 is 1.47 bits per heavy atom. The molecule has 0 aliphatic carbocycles. The Balaban J connectivity index is 2.25. The summed E-state index contributed by atoms with van der Waals surface area (Å²) in [7, 11) is 0. The molecular weight excluding hydrogens is 212 g/mol. The van der Waals surface area contributed by atoms with E-state index in [1.54, 1.807) is 0 Å². The van der Waals surface area contributed by atoms with Crippen LogP contribution in [0.25, 0.3) is 0 Å². The molecule has 0 bridgehead atoms. The van der Waals surface area contributed by atoms with Crippen molar-refractivity contribution in [2.75, 3.05) is 6.54 Å². The lowest BCUT2D eigenvalue weighted by atomic mass is 9.85. The van der Waals surface area contributed by atoms with Crippen molar-refractivity contribution in [2.24, 2.45) is 5.73 Å². The molecule has 0 unspecified atom stereocenters. The third-order valence-corrected chi connectivity index (χ3v) is 3.46. The van der Waals surface area contributed by atoms with Crippen molar-refractivity contribution in [3.8, 4) is 0 Å². The molecule has 92 valence electrons. The topological polar surface area (TPSA) is 55.1 Å². The predicted octanol–water partition coefficient (Wildman–Crippen LogP) is 1.71. The normalized spacial score (nSPS) is 22.1. The molecule has 2 rings (SSSR count). The first-order chi connectivity index (χ1) is 8.18. The first-order valence-corrected chi connectivity index (χ1v) is 6.28. The first-order valence-electron chi connectivity index (χ1n) is 6.28. The minimum absolute atomic E-state index is 0.197. The molecule has 1 aliphatic heterocycles. The number of piperidine rings is 1. The van der Waals surface area contributed by atoms with Gasteiger partial charge in [-0.3, -0.25) is 4.79 Å². The van der Waals surface area contributed by atoms with Crippen LogP contribution in [0.2, 0.25) is 0 Å². The number of amides is 1. The van der Waals surface area contributed by atoms with Gasteiger partial charge in [0.2, 0.25) is 5.91 Å². The molecule has 1 aromatic rings. The molecule has 1 saturated heterocycles. The van der Waals surface area contributed by atoms with Gasteiger partial charge in [-0.05, 0) is 31.9 Å². The number of rotatable bonds is 3. The van der Waals surface area contributed by atoms with Crippen molar-refractivity contribution in [2.45, 2.75) is 38.1 Å². The van der Waals surface area contributed by atoms with Crippen LogP contribution in [-0.4, -0.2) is 18.5 Å². The average molecular weight is 232 g/mol. The maximum absolute atomic E-state index is 11.7. The van der Waals surface area contributed by atoms with Crippen LogP contribution in [-0.2, 0) is 4.79 Å². The van der Waals surface area contributed by atoms with E-state index < -0.39 is 0 Å². The second-order valence-corrected chi connectivity index (χ2v) is 4.85. The zero-order valence-corrected chi connectivity index (χ0v) is 10.3. The van der Waals surface area contributed by atoms with E-state index in [4.69, 9.17) is 5.73 Å². The maximum Gasteiger partial charge on any atom is 0.226 e. The fraction of sp³-hybridized carbons (Fsp3) is 0.500. The summed E-state index contributed by atoms with van der Waals surface area (Å²) in [5.41, 5.74) is 7.78. The Labute approximate surface area is 102 Å². The molecule has 1 heterocycles. The van der Waals surface area contributed by atoms with Gasteiger partial charge in [-0.2, -0.15) is 0 Å². The molecule has 3 nitrogen and oxygen atoms in total. The largest absolute Gasteiger partial charge is 0.369 e. The molecule has 0 aromatic heterocycles. The lowest BCUT2D eigenvalue weighted by Gasteiger charge is -2.29. The Kier molecular flexibility index (Phi) is 3.79. The Hall–Kier alpha value is -1.35. The van der Waals surface area contributed by atoms with E-state index in [0.717, 1.165) is 18.5 Å². The smallest absolute Gasteiger partial charge is 0.226 e. The molecule has 2 atom stereocenters. The summed E-state index contributed by atoms with van der Waals surface area (Å²) in [5, 5.41) is 3.42. The van der Waals surface area contributed by atoms with Gasteiger partial charge in [-0.1, -0.05) is 36.2 Å². The molecule has 0 saturated carbocycles. The molecule has 1 aliphatic rings. The van der Waals surface area contributed by atoms with Crippen LogP contribution in [0.5, 0.6) is 0 Å². The standard InChI is InChI=1S/C14H20N2O/c1-10-5-4-6-11(9-10)13(14(15)17)12-7-2-3-8-16-12/h4-6,9,12-13,16H,2-3,7-8H2,1H3,(H2,15,17)/t12-,13+/m1/s1. The van der Waals surface area contributed by atoms with Crippen LogP contribution in [0, 0.1) is 6.92 Å². The zero-order valence-electron chi connectivity index (χ0n) is 10.3. The molecule has 1 amide bonds. The van der Waals surface area contributed by atoms with Crippen molar-refractivity contribution >= 4 is 5.91 Å². The number of carbonyl (C=O) groups is 1. The van der Waals surface area contributed by atoms with Gasteiger partial charge in [-0.15, -0.1) is 0 Å². The number of hydrogen-bond acceptors (Lipinski definition) is 2. The first kappa shape index (κ1) is 12.1. The molecule has 17 heavy (non-hydrogen) atoms. The maximum atomic E-state index is 11.7. The van der Waals surface area contributed by atoms with E-state index in [9.17, 15) is 4.79 Å². The fourth-order valence-corrected chi connectivity index (χ4v) is 2.62. The van der Waals surface area contributed by atoms with Crippen LogP contribution < -0.4 is 11.1 Å². The number of nitrogens with two attached hydrogens (primary N) is 1. The van der Waals surface area contributed by atoms with Crippen LogP contribution in [0.3, 0.4) is 0 Å². The quantitative estimate of drug-likeness (QED) is 0.833. The zero-order chi connectivity index (χ0) is 12.3. The summed E-state index contributed by atoms with van der Waals surface area (Å²) >= 11 is 0. The monoisotopic (exact) mass is 232 g/mol. The van der Waals surface area contributed by atoms with Crippen LogP contribution in [0.1, 0.15) is 36.3 Å². The average Bonchev–Trinajstić information content (AvgIpc) is 2.30. The molecule has 3 heteroatoms. The van der Waals surface area contributed by atoms with Gasteiger partial charge in [0.05, 0.1) is 5.92 Å². The highest BCUT2D eigenvalue weighted by molar-refractivity contribution is 5.82. The van der Waals surface area contributed by atoms with E-state index in [-0.39, 0.29) is 17.9 Å². The summed E-state index contributed by atoms with van der Waals surface area (Å²) in [6, 6.07) is 8.28. The van der Waals surface area contributed by atoms with Crippen LogP contribution >= 0.6 is 0 Å². The highest BCUT2D eigenvalue weighted by atomic mass is 16.1. The molecule has 3 N–H and O–H groups in total. The Morgan fingerprint density at radius 3 is 2.88 bits per heavy atom. The number of hydrogen-bond donors (Lipinski definition) is 2. The van der Waals surface area contributed by atoms with Crippen molar-refractivity contribution in [3.05, 3.63) is 35.4 Å². The van der Waals surface area contributed by atoms with E-state index in [2.05, 4.69) is 11.4 Å². The van der Waals surface area contributed by atoms with Crippen LogP contribution in [0.15, 0.2) is 24.3 Å². The number of nitrogens with one attached hydrogen (secondary N) is 1. The number of benzene rings is 1. The molecule has 0 radical (unpaired) electrons. The lowest BCUT2D eigenvalue weighted by Crippen LogP contribution is -2.43. The summed E-state index contributed by atoms with van der Waals surface area (Å²) < 4.78 is 0. The molecule has 0 spiro atoms. The second kappa shape index (κ2) is 5.32. The van der Waals surface area contributed by atoms with Gasteiger partial charge >= 0.3 is 0 Å². The number of primary amides is 1. The minimum Gasteiger partial charge on any atom is -0.369 e. The second-order valence-electron chi connectivity index (χ2n) is 4.85. The highest BCUT2D eigenvalue weighted by Gasteiger charge is 2.29. The van der Waals surface area contributed by atoms with Gasteiger partial charge in [0, 0.05) is 6.04 Å². The summed E-state index contributed by atoms with van der Waals surface area (Å²) in [5.74, 6) is -0.426. The third kappa shape index (κ3) is 2.86. The minimum atomic E-state index is -0.227. The van der Waals surface area contributed by atoms with E-state index >= 15 is 0 Å². The summed E-state index contributed by atoms with van der Waals surface area (Å²) in [6.07, 6.45) is 3.39. The van der Waals surface area contributed by atoms with Gasteiger partial charge in [0.15, 0.2) is 0 Å². The molecule has 1 aromatic carbocycles. The number of carbonyl (C=O) groups excluding carboxylic acids is 1. The van der Waals surface area contributed by atoms with Crippen molar-refractivity contribution < 1.29 is 4.79 Å². The molecule has 1 fully saturated rings. The summed E-state index contributed by atoms with van der Waals surface area (Å²) in [6.45, 7) is 3.02. The highest BCUT2D eigenvalue weighted by Crippen LogP contribution is 2.25. The SMILES string of the molecule is Cc1cccc([C@H](C(N)=O)[C@H]2CCCCN2)c1. The van der Waals surface area contributed by atoms with Crippen LogP contribution in [0.4, 0.5) is 0 Å². The van der Waals surface area contributed by atoms with Crippen molar-refractivity contribution in [3.63, 3.8) is 0 Å². The molecular formula is C14H20N2O. The fourth-order valence-electron chi connectivity index (χ4n) is 2.62. The third-order valence-electron chi connectivity index (χ3n) is 3.46. The lowest BCUT2D eigenvalue weighted by molar-refractivity contribution is -0.120. The Morgan fingerprint density at radius 2 is 2.29 bits per heavy atom. The Bertz CT molecular complexity index is 397. The van der Waals surface area contributed by atoms with E-state index in [0.29, 0.717) is 0 Å².